The van der Waals surface area contributed by atoms with Crippen LogP contribution in [-0.4, -0.2) is 20.2 Å². The second-order valence-corrected chi connectivity index (χ2v) is 4.84. The van der Waals surface area contributed by atoms with Crippen molar-refractivity contribution >= 4 is 5.82 Å². The van der Waals surface area contributed by atoms with Crippen LogP contribution in [0.2, 0.25) is 0 Å². The molecule has 0 spiro atoms. The molecule has 3 aromatic rings. The zero-order chi connectivity index (χ0) is 15.0. The van der Waals surface area contributed by atoms with Gasteiger partial charge in [-0.15, -0.1) is 0 Å². The first-order chi connectivity index (χ1) is 10.1. The van der Waals surface area contributed by atoms with Gasteiger partial charge in [-0.05, 0) is 26.0 Å². The normalized spacial score (nSPS) is 10.5. The number of rotatable bonds is 2. The van der Waals surface area contributed by atoms with Gasteiger partial charge in [0, 0.05) is 34.8 Å². The van der Waals surface area contributed by atoms with Gasteiger partial charge in [-0.25, -0.2) is 4.98 Å². The highest BCUT2D eigenvalue weighted by atomic mass is 15.1. The van der Waals surface area contributed by atoms with E-state index in [2.05, 4.69) is 26.2 Å². The SMILES string of the molecule is Cc1n[nH]c(C)c1-c1cc(-c2cc[nH]c2)nc(N)c1C#N. The molecule has 0 saturated heterocycles. The van der Waals surface area contributed by atoms with Crippen molar-refractivity contribution in [3.8, 4) is 28.5 Å². The first kappa shape index (κ1) is 12.9. The number of nitrogen functional groups attached to an aromatic ring is 1. The Balaban J connectivity index is 2.31. The summed E-state index contributed by atoms with van der Waals surface area (Å²) < 4.78 is 0. The largest absolute Gasteiger partial charge is 0.383 e. The topological polar surface area (TPSA) is 107 Å². The van der Waals surface area contributed by atoms with E-state index in [1.54, 1.807) is 0 Å². The maximum Gasteiger partial charge on any atom is 0.142 e. The van der Waals surface area contributed by atoms with Gasteiger partial charge < -0.3 is 10.7 Å². The summed E-state index contributed by atoms with van der Waals surface area (Å²) in [7, 11) is 0. The standard InChI is InChI=1S/C15H14N6/c1-8-14(9(2)21-20-8)11-5-13(10-3-4-18-7-10)19-15(17)12(11)6-16/h3-5,7,18H,1-2H3,(H2,17,19)(H,20,21). The molecule has 0 fully saturated rings. The molecule has 0 saturated carbocycles. The Labute approximate surface area is 121 Å². The van der Waals surface area contributed by atoms with Crippen LogP contribution in [0.1, 0.15) is 17.0 Å². The second-order valence-electron chi connectivity index (χ2n) is 4.84. The van der Waals surface area contributed by atoms with E-state index >= 15 is 0 Å². The Morgan fingerprint density at radius 1 is 1.33 bits per heavy atom. The van der Waals surface area contributed by atoms with Crippen molar-refractivity contribution in [2.75, 3.05) is 5.73 Å². The number of nitrogens with zero attached hydrogens (tertiary/aromatic N) is 3. The van der Waals surface area contributed by atoms with Crippen LogP contribution in [0.25, 0.3) is 22.4 Å². The summed E-state index contributed by atoms with van der Waals surface area (Å²) in [6.45, 7) is 3.82. The molecule has 4 N–H and O–H groups in total. The molecule has 21 heavy (non-hydrogen) atoms. The molecule has 104 valence electrons. The van der Waals surface area contributed by atoms with Gasteiger partial charge in [-0.1, -0.05) is 0 Å². The summed E-state index contributed by atoms with van der Waals surface area (Å²) in [5, 5.41) is 16.5. The van der Waals surface area contributed by atoms with E-state index in [1.807, 2.05) is 38.4 Å². The summed E-state index contributed by atoms with van der Waals surface area (Å²) in [4.78, 5) is 7.31. The van der Waals surface area contributed by atoms with E-state index in [9.17, 15) is 5.26 Å². The van der Waals surface area contributed by atoms with Gasteiger partial charge in [0.15, 0.2) is 0 Å². The number of aromatic nitrogens is 4. The number of nitrogens with two attached hydrogens (primary N) is 1. The van der Waals surface area contributed by atoms with Crippen LogP contribution in [0.5, 0.6) is 0 Å². The minimum absolute atomic E-state index is 0.228. The van der Waals surface area contributed by atoms with E-state index < -0.39 is 0 Å². The monoisotopic (exact) mass is 278 g/mol. The van der Waals surface area contributed by atoms with Crippen molar-refractivity contribution in [3.05, 3.63) is 41.5 Å². The van der Waals surface area contributed by atoms with Gasteiger partial charge >= 0.3 is 0 Å². The summed E-state index contributed by atoms with van der Waals surface area (Å²) in [5.74, 6) is 0.228. The summed E-state index contributed by atoms with van der Waals surface area (Å²) >= 11 is 0. The van der Waals surface area contributed by atoms with E-state index in [4.69, 9.17) is 5.73 Å². The number of hydrogen-bond donors (Lipinski definition) is 3. The third kappa shape index (κ3) is 2.05. The molecule has 0 amide bonds. The lowest BCUT2D eigenvalue weighted by molar-refractivity contribution is 1.02. The molecular weight excluding hydrogens is 264 g/mol. The van der Waals surface area contributed by atoms with Crippen molar-refractivity contribution in [1.29, 1.82) is 5.26 Å². The van der Waals surface area contributed by atoms with Crippen LogP contribution in [0.15, 0.2) is 24.5 Å². The Kier molecular flexibility index (Phi) is 2.95. The number of hydrogen-bond acceptors (Lipinski definition) is 4. The molecule has 3 aromatic heterocycles. The molecule has 0 aliphatic rings. The van der Waals surface area contributed by atoms with Gasteiger partial charge in [0.25, 0.3) is 0 Å². The summed E-state index contributed by atoms with van der Waals surface area (Å²) in [6, 6.07) is 5.93. The molecule has 6 nitrogen and oxygen atoms in total. The molecule has 0 aromatic carbocycles. The number of aromatic amines is 2. The molecule has 0 atom stereocenters. The second kappa shape index (κ2) is 4.80. The fourth-order valence-corrected chi connectivity index (χ4v) is 2.46. The highest BCUT2D eigenvalue weighted by Crippen LogP contribution is 2.33. The summed E-state index contributed by atoms with van der Waals surface area (Å²) in [6.07, 6.45) is 3.66. The van der Waals surface area contributed by atoms with Crippen LogP contribution >= 0.6 is 0 Å². The van der Waals surface area contributed by atoms with Gasteiger partial charge in [0.2, 0.25) is 0 Å². The molecule has 0 unspecified atom stereocenters. The molecule has 6 heteroatoms. The van der Waals surface area contributed by atoms with E-state index in [-0.39, 0.29) is 5.82 Å². The lowest BCUT2D eigenvalue weighted by Gasteiger charge is -2.09. The molecule has 0 aliphatic carbocycles. The fourth-order valence-electron chi connectivity index (χ4n) is 2.46. The Morgan fingerprint density at radius 2 is 2.14 bits per heavy atom. The number of nitriles is 1. The van der Waals surface area contributed by atoms with Gasteiger partial charge in [0.05, 0.1) is 11.4 Å². The van der Waals surface area contributed by atoms with Crippen LogP contribution in [-0.2, 0) is 0 Å². The lowest BCUT2D eigenvalue weighted by atomic mass is 9.97. The van der Waals surface area contributed by atoms with Gasteiger partial charge in [0.1, 0.15) is 17.5 Å². The predicted octanol–water partition coefficient (Wildman–Crippen LogP) is 2.54. The van der Waals surface area contributed by atoms with Crippen LogP contribution in [0.4, 0.5) is 5.82 Å². The van der Waals surface area contributed by atoms with Gasteiger partial charge in [-0.3, -0.25) is 5.10 Å². The quantitative estimate of drug-likeness (QED) is 0.669. The van der Waals surface area contributed by atoms with Crippen molar-refractivity contribution in [2.24, 2.45) is 0 Å². The first-order valence-corrected chi connectivity index (χ1v) is 6.47. The Bertz CT molecular complexity index is 816. The van der Waals surface area contributed by atoms with Crippen molar-refractivity contribution in [1.82, 2.24) is 20.2 Å². The van der Waals surface area contributed by atoms with E-state index in [0.29, 0.717) is 5.56 Å². The van der Waals surface area contributed by atoms with Crippen LogP contribution in [0, 0.1) is 25.2 Å². The third-order valence-electron chi connectivity index (χ3n) is 3.45. The van der Waals surface area contributed by atoms with Crippen LogP contribution < -0.4 is 5.73 Å². The first-order valence-electron chi connectivity index (χ1n) is 6.47. The highest BCUT2D eigenvalue weighted by molar-refractivity contribution is 5.82. The number of aryl methyl sites for hydroxylation is 2. The molecule has 3 rings (SSSR count). The number of nitrogens with one attached hydrogen (secondary N) is 2. The Morgan fingerprint density at radius 3 is 2.71 bits per heavy atom. The van der Waals surface area contributed by atoms with Crippen molar-refractivity contribution in [2.45, 2.75) is 13.8 Å². The molecule has 0 bridgehead atoms. The molecule has 0 aliphatic heterocycles. The third-order valence-corrected chi connectivity index (χ3v) is 3.45. The predicted molar refractivity (Wildman–Crippen MR) is 80.2 cm³/mol. The van der Waals surface area contributed by atoms with Crippen LogP contribution in [0.3, 0.4) is 0 Å². The number of H-pyrrole nitrogens is 2. The Hall–Kier alpha value is -3.07. The molecule has 3 heterocycles. The number of anilines is 1. The average Bonchev–Trinajstić information content (AvgIpc) is 3.08. The zero-order valence-electron chi connectivity index (χ0n) is 11.7. The smallest absolute Gasteiger partial charge is 0.142 e. The van der Waals surface area contributed by atoms with Gasteiger partial charge in [-0.2, -0.15) is 10.4 Å². The minimum Gasteiger partial charge on any atom is -0.383 e. The zero-order valence-corrected chi connectivity index (χ0v) is 11.7. The van der Waals surface area contributed by atoms with E-state index in [0.717, 1.165) is 33.8 Å². The number of pyridine rings is 1. The maximum absolute atomic E-state index is 9.39. The summed E-state index contributed by atoms with van der Waals surface area (Å²) in [5.41, 5.74) is 11.4. The average molecular weight is 278 g/mol. The van der Waals surface area contributed by atoms with Crippen molar-refractivity contribution < 1.29 is 0 Å². The fraction of sp³-hybridized carbons (Fsp3) is 0.133. The highest BCUT2D eigenvalue weighted by Gasteiger charge is 2.18. The van der Waals surface area contributed by atoms with Crippen molar-refractivity contribution in [3.63, 3.8) is 0 Å². The maximum atomic E-state index is 9.39. The molecule has 0 radical (unpaired) electrons. The minimum atomic E-state index is 0.228. The lowest BCUT2D eigenvalue weighted by Crippen LogP contribution is -2.00. The molecular formula is C15H14N6. The van der Waals surface area contributed by atoms with E-state index in [1.165, 1.54) is 0 Å².